The molecule has 17 heavy (non-hydrogen) atoms. The van der Waals surface area contributed by atoms with Crippen LogP contribution in [0.4, 0.5) is 0 Å². The molecule has 1 heterocycles. The highest BCUT2D eigenvalue weighted by molar-refractivity contribution is 4.82. The summed E-state index contributed by atoms with van der Waals surface area (Å²) in [5.41, 5.74) is 0. The van der Waals surface area contributed by atoms with Gasteiger partial charge in [0.2, 0.25) is 0 Å². The monoisotopic (exact) mass is 239 g/mol. The lowest BCUT2D eigenvalue weighted by atomic mass is 10.1. The summed E-state index contributed by atoms with van der Waals surface area (Å²) in [6.45, 7) is 11.9. The van der Waals surface area contributed by atoms with Gasteiger partial charge in [-0.25, -0.2) is 0 Å². The summed E-state index contributed by atoms with van der Waals surface area (Å²) in [5.74, 6) is 0. The molecular weight excluding hydrogens is 210 g/mol. The first-order chi connectivity index (χ1) is 8.29. The summed E-state index contributed by atoms with van der Waals surface area (Å²) in [6, 6.07) is 1.56. The van der Waals surface area contributed by atoms with Gasteiger partial charge in [-0.05, 0) is 26.3 Å². The maximum Gasteiger partial charge on any atom is 0.0166 e. The van der Waals surface area contributed by atoms with Crippen molar-refractivity contribution in [3.05, 3.63) is 0 Å². The van der Waals surface area contributed by atoms with Crippen LogP contribution in [-0.4, -0.2) is 61.2 Å². The van der Waals surface area contributed by atoms with E-state index in [1.165, 1.54) is 58.4 Å². The van der Waals surface area contributed by atoms with Crippen LogP contribution in [0.1, 0.15) is 39.5 Å². The van der Waals surface area contributed by atoms with Crippen LogP contribution in [0.5, 0.6) is 0 Å². The third-order valence-electron chi connectivity index (χ3n) is 4.33. The van der Waals surface area contributed by atoms with Crippen molar-refractivity contribution >= 4 is 0 Å². The van der Waals surface area contributed by atoms with Gasteiger partial charge in [-0.2, -0.15) is 0 Å². The lowest BCUT2D eigenvalue weighted by Gasteiger charge is -2.39. The molecule has 0 bridgehead atoms. The Labute approximate surface area is 107 Å². The van der Waals surface area contributed by atoms with E-state index in [1.807, 2.05) is 0 Å². The lowest BCUT2D eigenvalue weighted by molar-refractivity contribution is 0.0928. The highest BCUT2D eigenvalue weighted by atomic mass is 15.3. The molecule has 0 aromatic heterocycles. The first-order valence-corrected chi connectivity index (χ1v) is 7.49. The second-order valence-electron chi connectivity index (χ2n) is 5.73. The number of nitrogens with zero attached hydrogens (tertiary/aromatic N) is 2. The molecule has 2 aliphatic rings. The molecule has 2 fully saturated rings. The van der Waals surface area contributed by atoms with Crippen molar-refractivity contribution < 1.29 is 0 Å². The third kappa shape index (κ3) is 3.94. The van der Waals surface area contributed by atoms with Crippen molar-refractivity contribution in [2.75, 3.05) is 39.3 Å². The Morgan fingerprint density at radius 1 is 1.12 bits per heavy atom. The van der Waals surface area contributed by atoms with Crippen LogP contribution in [0.25, 0.3) is 0 Å². The zero-order valence-electron chi connectivity index (χ0n) is 11.6. The molecule has 1 N–H and O–H groups in total. The van der Waals surface area contributed by atoms with Crippen molar-refractivity contribution in [3.63, 3.8) is 0 Å². The van der Waals surface area contributed by atoms with Gasteiger partial charge in [0.05, 0.1) is 0 Å². The molecule has 1 unspecified atom stereocenters. The summed E-state index contributed by atoms with van der Waals surface area (Å²) < 4.78 is 0. The number of rotatable bonds is 5. The largest absolute Gasteiger partial charge is 0.313 e. The van der Waals surface area contributed by atoms with E-state index in [0.29, 0.717) is 6.04 Å². The molecule has 1 saturated heterocycles. The molecule has 100 valence electrons. The minimum atomic E-state index is 0.637. The van der Waals surface area contributed by atoms with Gasteiger partial charge in [0.25, 0.3) is 0 Å². The first kappa shape index (κ1) is 13.3. The summed E-state index contributed by atoms with van der Waals surface area (Å²) in [6.07, 6.45) is 5.83. The molecule has 0 amide bonds. The Morgan fingerprint density at radius 3 is 2.35 bits per heavy atom. The van der Waals surface area contributed by atoms with Crippen molar-refractivity contribution in [3.8, 4) is 0 Å². The highest BCUT2D eigenvalue weighted by Gasteiger charge is 2.26. The van der Waals surface area contributed by atoms with E-state index < -0.39 is 0 Å². The van der Waals surface area contributed by atoms with Crippen LogP contribution in [0, 0.1) is 0 Å². The first-order valence-electron chi connectivity index (χ1n) is 7.49. The molecule has 3 heteroatoms. The summed E-state index contributed by atoms with van der Waals surface area (Å²) in [7, 11) is 0. The second-order valence-corrected chi connectivity index (χ2v) is 5.73. The molecule has 1 aliphatic heterocycles. The Balaban J connectivity index is 1.66. The molecule has 1 aliphatic carbocycles. The Kier molecular flexibility index (Phi) is 5.26. The SMILES string of the molecule is CCNC(C)CN1CCN(C2CCCC2)CC1. The minimum absolute atomic E-state index is 0.637. The van der Waals surface area contributed by atoms with E-state index >= 15 is 0 Å². The zero-order valence-corrected chi connectivity index (χ0v) is 11.6. The number of hydrogen-bond acceptors (Lipinski definition) is 3. The van der Waals surface area contributed by atoms with Gasteiger partial charge < -0.3 is 5.32 Å². The molecule has 3 nitrogen and oxygen atoms in total. The van der Waals surface area contributed by atoms with E-state index in [2.05, 4.69) is 29.0 Å². The molecular formula is C14H29N3. The molecule has 1 saturated carbocycles. The quantitative estimate of drug-likeness (QED) is 0.785. The van der Waals surface area contributed by atoms with Crippen LogP contribution in [-0.2, 0) is 0 Å². The average molecular weight is 239 g/mol. The minimum Gasteiger partial charge on any atom is -0.313 e. The zero-order chi connectivity index (χ0) is 12.1. The van der Waals surface area contributed by atoms with Gasteiger partial charge in [-0.3, -0.25) is 9.80 Å². The van der Waals surface area contributed by atoms with Crippen molar-refractivity contribution in [1.29, 1.82) is 0 Å². The van der Waals surface area contributed by atoms with Crippen LogP contribution in [0.2, 0.25) is 0 Å². The lowest BCUT2D eigenvalue weighted by Crippen LogP contribution is -2.52. The fraction of sp³-hybridized carbons (Fsp3) is 1.00. The second kappa shape index (κ2) is 6.72. The van der Waals surface area contributed by atoms with Gasteiger partial charge in [-0.1, -0.05) is 19.8 Å². The van der Waals surface area contributed by atoms with Gasteiger partial charge >= 0.3 is 0 Å². The molecule has 0 spiro atoms. The van der Waals surface area contributed by atoms with Crippen LogP contribution in [0.15, 0.2) is 0 Å². The van der Waals surface area contributed by atoms with E-state index in [1.54, 1.807) is 0 Å². The maximum absolute atomic E-state index is 3.50. The molecule has 1 atom stereocenters. The van der Waals surface area contributed by atoms with Crippen molar-refractivity contribution in [1.82, 2.24) is 15.1 Å². The van der Waals surface area contributed by atoms with Crippen molar-refractivity contribution in [2.45, 2.75) is 51.6 Å². The Hall–Kier alpha value is -0.120. The van der Waals surface area contributed by atoms with Gasteiger partial charge in [-0.15, -0.1) is 0 Å². The fourth-order valence-electron chi connectivity index (χ4n) is 3.38. The number of hydrogen-bond donors (Lipinski definition) is 1. The maximum atomic E-state index is 3.50. The normalized spacial score (nSPS) is 26.5. The summed E-state index contributed by atoms with van der Waals surface area (Å²) in [4.78, 5) is 5.36. The van der Waals surface area contributed by atoms with E-state index in [4.69, 9.17) is 0 Å². The van der Waals surface area contributed by atoms with Crippen LogP contribution in [0.3, 0.4) is 0 Å². The predicted molar refractivity (Wildman–Crippen MR) is 73.4 cm³/mol. The Morgan fingerprint density at radius 2 is 1.76 bits per heavy atom. The van der Waals surface area contributed by atoms with Crippen molar-refractivity contribution in [2.24, 2.45) is 0 Å². The topological polar surface area (TPSA) is 18.5 Å². The summed E-state index contributed by atoms with van der Waals surface area (Å²) >= 11 is 0. The molecule has 0 aromatic carbocycles. The third-order valence-corrected chi connectivity index (χ3v) is 4.33. The predicted octanol–water partition coefficient (Wildman–Crippen LogP) is 1.54. The smallest absolute Gasteiger partial charge is 0.0166 e. The number of nitrogens with one attached hydrogen (secondary N) is 1. The molecule has 0 radical (unpaired) electrons. The standard InChI is InChI=1S/C14H29N3/c1-3-15-13(2)12-16-8-10-17(11-9-16)14-6-4-5-7-14/h13-15H,3-12H2,1-2H3. The average Bonchev–Trinajstić information content (AvgIpc) is 2.84. The molecule has 2 rings (SSSR count). The molecule has 0 aromatic rings. The van der Waals surface area contributed by atoms with Crippen LogP contribution < -0.4 is 5.32 Å². The van der Waals surface area contributed by atoms with E-state index in [0.717, 1.165) is 12.6 Å². The van der Waals surface area contributed by atoms with E-state index in [-0.39, 0.29) is 0 Å². The highest BCUT2D eigenvalue weighted by Crippen LogP contribution is 2.24. The number of likely N-dealkylation sites (N-methyl/N-ethyl adjacent to an activating group) is 1. The summed E-state index contributed by atoms with van der Waals surface area (Å²) in [5, 5.41) is 3.50. The van der Waals surface area contributed by atoms with Gasteiger partial charge in [0.15, 0.2) is 0 Å². The van der Waals surface area contributed by atoms with Gasteiger partial charge in [0, 0.05) is 44.8 Å². The van der Waals surface area contributed by atoms with Crippen LogP contribution >= 0.6 is 0 Å². The number of piperazine rings is 1. The van der Waals surface area contributed by atoms with Gasteiger partial charge in [0.1, 0.15) is 0 Å². The van der Waals surface area contributed by atoms with E-state index in [9.17, 15) is 0 Å². The Bertz CT molecular complexity index is 206. The fourth-order valence-corrected chi connectivity index (χ4v) is 3.38.